The molecule has 3 aromatic rings. The summed E-state index contributed by atoms with van der Waals surface area (Å²) in [5.74, 6) is -1.10. The van der Waals surface area contributed by atoms with Crippen LogP contribution < -0.4 is 0 Å². The van der Waals surface area contributed by atoms with Crippen molar-refractivity contribution >= 4 is 22.5 Å². The zero-order chi connectivity index (χ0) is 19.2. The van der Waals surface area contributed by atoms with E-state index in [4.69, 9.17) is 0 Å². The number of fused-ring (bicyclic) bond motifs is 2. The number of nitrogens with one attached hydrogen (secondary N) is 1. The van der Waals surface area contributed by atoms with Gasteiger partial charge in [0.2, 0.25) is 0 Å². The molecular weight excluding hydrogens is 357 g/mol. The van der Waals surface area contributed by atoms with Crippen LogP contribution in [0.2, 0.25) is 0 Å². The van der Waals surface area contributed by atoms with Crippen LogP contribution in [0.15, 0.2) is 54.5 Å². The minimum Gasteiger partial charge on any atom is -0.361 e. The number of pyridine rings is 1. The van der Waals surface area contributed by atoms with Crippen LogP contribution in [0.1, 0.15) is 27.0 Å². The number of allylic oxidation sites excluding steroid dienone is 2. The van der Waals surface area contributed by atoms with Gasteiger partial charge < -0.3 is 4.98 Å². The van der Waals surface area contributed by atoms with Gasteiger partial charge in [-0.25, -0.2) is 0 Å². The van der Waals surface area contributed by atoms with E-state index in [0.29, 0.717) is 28.5 Å². The fourth-order valence-electron chi connectivity index (χ4n) is 3.33. The largest absolute Gasteiger partial charge is 0.416 e. The topological polar surface area (TPSA) is 62.8 Å². The Hall–Kier alpha value is -3.22. The van der Waals surface area contributed by atoms with Crippen LogP contribution in [0.3, 0.4) is 0 Å². The number of carbonyl (C=O) groups excluding carboxylic acids is 2. The lowest BCUT2D eigenvalue weighted by atomic mass is 9.87. The van der Waals surface area contributed by atoms with E-state index in [2.05, 4.69) is 9.97 Å². The molecule has 1 aliphatic rings. The summed E-state index contributed by atoms with van der Waals surface area (Å²) < 4.78 is 40.3. The van der Waals surface area contributed by atoms with E-state index in [1.54, 1.807) is 6.20 Å². The number of carbonyl (C=O) groups is 2. The molecular formula is C20H13F3N2O2. The Morgan fingerprint density at radius 2 is 2.04 bits per heavy atom. The van der Waals surface area contributed by atoms with Gasteiger partial charge in [0.1, 0.15) is 0 Å². The molecule has 0 spiro atoms. The van der Waals surface area contributed by atoms with E-state index in [0.717, 1.165) is 6.07 Å². The number of H-pyrrole nitrogens is 1. The first-order chi connectivity index (χ1) is 12.8. The van der Waals surface area contributed by atoms with E-state index < -0.39 is 29.7 Å². The number of hydrogen-bond acceptors (Lipinski definition) is 3. The highest BCUT2D eigenvalue weighted by Gasteiger charge is 2.35. The van der Waals surface area contributed by atoms with Crippen LogP contribution in [0.4, 0.5) is 13.2 Å². The van der Waals surface area contributed by atoms with Crippen molar-refractivity contribution in [2.24, 2.45) is 0 Å². The number of Topliss-reactive ketones (excluding diaryl/α,β-unsaturated/α-hetero) is 2. The highest BCUT2D eigenvalue weighted by atomic mass is 19.4. The minimum atomic E-state index is -4.59. The van der Waals surface area contributed by atoms with Crippen LogP contribution >= 0.6 is 0 Å². The molecule has 0 bridgehead atoms. The molecule has 136 valence electrons. The summed E-state index contributed by atoms with van der Waals surface area (Å²) in [4.78, 5) is 32.0. The zero-order valence-corrected chi connectivity index (χ0v) is 13.9. The summed E-state index contributed by atoms with van der Waals surface area (Å²) in [5.41, 5.74) is 0.474. The Morgan fingerprint density at radius 1 is 1.22 bits per heavy atom. The molecule has 0 radical (unpaired) electrons. The van der Waals surface area contributed by atoms with Crippen LogP contribution in [0, 0.1) is 0 Å². The Kier molecular flexibility index (Phi) is 3.95. The quantitative estimate of drug-likeness (QED) is 0.708. The molecule has 0 fully saturated rings. The predicted molar refractivity (Wildman–Crippen MR) is 92.4 cm³/mol. The fourth-order valence-corrected chi connectivity index (χ4v) is 3.33. The highest BCUT2D eigenvalue weighted by Crippen LogP contribution is 2.35. The molecule has 0 saturated carbocycles. The smallest absolute Gasteiger partial charge is 0.361 e. The number of rotatable bonds is 3. The molecule has 1 N–H and O–H groups in total. The lowest BCUT2D eigenvalue weighted by Crippen LogP contribution is -2.21. The van der Waals surface area contributed by atoms with Crippen LogP contribution in [0.5, 0.6) is 0 Å². The van der Waals surface area contributed by atoms with Gasteiger partial charge in [-0.2, -0.15) is 13.2 Å². The first-order valence-corrected chi connectivity index (χ1v) is 8.23. The Bertz CT molecular complexity index is 1110. The van der Waals surface area contributed by atoms with Crippen molar-refractivity contribution in [3.63, 3.8) is 0 Å². The van der Waals surface area contributed by atoms with Gasteiger partial charge in [0.15, 0.2) is 11.6 Å². The number of benzene rings is 1. The molecule has 2 heterocycles. The summed E-state index contributed by atoms with van der Waals surface area (Å²) >= 11 is 0. The van der Waals surface area contributed by atoms with E-state index in [9.17, 15) is 22.8 Å². The van der Waals surface area contributed by atoms with Gasteiger partial charge in [0.25, 0.3) is 0 Å². The second kappa shape index (κ2) is 6.19. The maximum atomic E-state index is 13.4. The zero-order valence-electron chi connectivity index (χ0n) is 13.9. The summed E-state index contributed by atoms with van der Waals surface area (Å²) in [6.45, 7) is 0. The number of hydrogen-bond donors (Lipinski definition) is 1. The number of nitrogens with zero attached hydrogens (tertiary/aromatic N) is 1. The number of ketones is 2. The van der Waals surface area contributed by atoms with Gasteiger partial charge in [0, 0.05) is 36.1 Å². The van der Waals surface area contributed by atoms with Gasteiger partial charge in [-0.3, -0.25) is 14.6 Å². The molecule has 7 heteroatoms. The van der Waals surface area contributed by atoms with Gasteiger partial charge in [-0.05, 0) is 47.2 Å². The third-order valence-electron chi connectivity index (χ3n) is 4.65. The van der Waals surface area contributed by atoms with Crippen molar-refractivity contribution < 1.29 is 22.8 Å². The molecule has 27 heavy (non-hydrogen) atoms. The monoisotopic (exact) mass is 370 g/mol. The van der Waals surface area contributed by atoms with Crippen LogP contribution in [-0.2, 0) is 23.8 Å². The third kappa shape index (κ3) is 3.05. The van der Waals surface area contributed by atoms with Gasteiger partial charge in [0.05, 0.1) is 11.1 Å². The maximum Gasteiger partial charge on any atom is 0.416 e. The minimum absolute atomic E-state index is 0.0755. The number of halogens is 3. The average molecular weight is 370 g/mol. The lowest BCUT2D eigenvalue weighted by Gasteiger charge is -2.16. The molecule has 1 aliphatic carbocycles. The summed E-state index contributed by atoms with van der Waals surface area (Å²) in [6.07, 6.45) is 1.25. The fraction of sp³-hybridized carbons (Fsp3) is 0.150. The summed E-state index contributed by atoms with van der Waals surface area (Å²) in [6, 6.07) is 5.40. The molecule has 4 nitrogen and oxygen atoms in total. The normalized spacial score (nSPS) is 14.2. The van der Waals surface area contributed by atoms with E-state index in [1.807, 2.05) is 0 Å². The highest BCUT2D eigenvalue weighted by molar-refractivity contribution is 6.27. The molecule has 0 amide bonds. The predicted octanol–water partition coefficient (Wildman–Crippen LogP) is 4.06. The maximum absolute atomic E-state index is 13.4. The van der Waals surface area contributed by atoms with Gasteiger partial charge in [-0.15, -0.1) is 0 Å². The number of alkyl halides is 3. The Morgan fingerprint density at radius 3 is 2.81 bits per heavy atom. The van der Waals surface area contributed by atoms with E-state index in [-0.39, 0.29) is 11.1 Å². The Labute approximate surface area is 151 Å². The summed E-state index contributed by atoms with van der Waals surface area (Å²) in [7, 11) is 0. The van der Waals surface area contributed by atoms with Crippen molar-refractivity contribution in [3.05, 3.63) is 76.8 Å². The van der Waals surface area contributed by atoms with Crippen molar-refractivity contribution in [2.75, 3.05) is 0 Å². The SMILES string of the molecule is O=C(Cc1cc2[nH]ccc2cc1C(F)(F)F)C1=CCc2cnccc2C1=O. The molecule has 0 aliphatic heterocycles. The third-order valence-corrected chi connectivity index (χ3v) is 4.65. The molecule has 0 atom stereocenters. The van der Waals surface area contributed by atoms with Crippen LogP contribution in [-0.4, -0.2) is 21.5 Å². The first kappa shape index (κ1) is 17.2. The second-order valence-corrected chi connectivity index (χ2v) is 6.36. The number of aromatic amines is 1. The summed E-state index contributed by atoms with van der Waals surface area (Å²) in [5, 5.41) is 0.410. The molecule has 0 unspecified atom stereocenters. The molecule has 2 aromatic heterocycles. The van der Waals surface area contributed by atoms with E-state index in [1.165, 1.54) is 36.7 Å². The Balaban J connectivity index is 1.69. The van der Waals surface area contributed by atoms with Crippen molar-refractivity contribution in [1.29, 1.82) is 0 Å². The standard InChI is InChI=1S/C20H13F3N2O2/c21-20(22,23)16-7-11-3-6-25-17(11)8-13(16)9-18(26)15-2-1-12-10-24-5-4-14(12)19(15)27/h2-8,10,25H,1,9H2. The van der Waals surface area contributed by atoms with Gasteiger partial charge >= 0.3 is 6.18 Å². The molecule has 1 aromatic carbocycles. The second-order valence-electron chi connectivity index (χ2n) is 6.36. The van der Waals surface area contributed by atoms with Crippen molar-refractivity contribution in [2.45, 2.75) is 19.0 Å². The van der Waals surface area contributed by atoms with Crippen LogP contribution in [0.25, 0.3) is 10.9 Å². The van der Waals surface area contributed by atoms with Crippen molar-refractivity contribution in [3.8, 4) is 0 Å². The van der Waals surface area contributed by atoms with Gasteiger partial charge in [-0.1, -0.05) is 6.08 Å². The molecule has 0 saturated heterocycles. The first-order valence-electron chi connectivity index (χ1n) is 8.23. The lowest BCUT2D eigenvalue weighted by molar-refractivity contribution is -0.138. The molecule has 4 rings (SSSR count). The average Bonchev–Trinajstić information content (AvgIpc) is 3.08. The number of aromatic nitrogens is 2. The van der Waals surface area contributed by atoms with E-state index >= 15 is 0 Å². The van der Waals surface area contributed by atoms with Crippen molar-refractivity contribution in [1.82, 2.24) is 9.97 Å².